The van der Waals surface area contributed by atoms with Crippen molar-refractivity contribution in [1.29, 1.82) is 0 Å². The van der Waals surface area contributed by atoms with Gasteiger partial charge in [-0.25, -0.2) is 0 Å². The van der Waals surface area contributed by atoms with Crippen molar-refractivity contribution in [2.24, 2.45) is 0 Å². The normalized spacial score (nSPS) is 14.5. The van der Waals surface area contributed by atoms with E-state index in [2.05, 4.69) is 0 Å². The van der Waals surface area contributed by atoms with Crippen molar-refractivity contribution in [3.8, 4) is 0 Å². The molecule has 0 aliphatic rings. The number of nitro benzene ring substituents is 1. The van der Waals surface area contributed by atoms with Crippen LogP contribution < -0.4 is 0 Å². The van der Waals surface area contributed by atoms with Gasteiger partial charge in [-0.1, -0.05) is 19.1 Å². The Morgan fingerprint density at radius 3 is 2.56 bits per heavy atom. The first-order valence-electron chi connectivity index (χ1n) is 5.36. The van der Waals surface area contributed by atoms with E-state index in [0.29, 0.717) is 0 Å². The standard InChI is InChI=1S/C12H16ClNO2/c1-4-10(9(3)13)11-6-5-8(2)7-12(11)14(15)16/h5-7,9-10H,4H2,1-3H3. The minimum atomic E-state index is -0.329. The van der Waals surface area contributed by atoms with Crippen LogP contribution in [-0.2, 0) is 0 Å². The van der Waals surface area contributed by atoms with Gasteiger partial charge in [0.05, 0.1) is 4.92 Å². The first kappa shape index (κ1) is 13.0. The molecule has 16 heavy (non-hydrogen) atoms. The van der Waals surface area contributed by atoms with Crippen molar-refractivity contribution in [3.05, 3.63) is 39.4 Å². The highest BCUT2D eigenvalue weighted by Crippen LogP contribution is 2.33. The number of halogens is 1. The third kappa shape index (κ3) is 2.73. The lowest BCUT2D eigenvalue weighted by Gasteiger charge is -2.17. The summed E-state index contributed by atoms with van der Waals surface area (Å²) in [6.45, 7) is 5.72. The summed E-state index contributed by atoms with van der Waals surface area (Å²) in [5.74, 6) is 0.0302. The van der Waals surface area contributed by atoms with Crippen LogP contribution in [0.15, 0.2) is 18.2 Å². The summed E-state index contributed by atoms with van der Waals surface area (Å²) in [7, 11) is 0. The maximum atomic E-state index is 11.0. The van der Waals surface area contributed by atoms with E-state index in [1.807, 2.05) is 32.9 Å². The second kappa shape index (κ2) is 5.30. The highest BCUT2D eigenvalue weighted by Gasteiger charge is 2.24. The lowest BCUT2D eigenvalue weighted by Crippen LogP contribution is -2.10. The van der Waals surface area contributed by atoms with E-state index in [1.165, 1.54) is 0 Å². The molecule has 0 fully saturated rings. The molecule has 1 aromatic rings. The van der Waals surface area contributed by atoms with E-state index in [9.17, 15) is 10.1 Å². The summed E-state index contributed by atoms with van der Waals surface area (Å²) >= 11 is 6.07. The van der Waals surface area contributed by atoms with E-state index < -0.39 is 0 Å². The fourth-order valence-corrected chi connectivity index (χ4v) is 2.23. The highest BCUT2D eigenvalue weighted by atomic mass is 35.5. The Hall–Kier alpha value is -1.09. The molecule has 2 atom stereocenters. The molecule has 0 aliphatic carbocycles. The quantitative estimate of drug-likeness (QED) is 0.454. The average molecular weight is 242 g/mol. The van der Waals surface area contributed by atoms with Crippen LogP contribution in [0, 0.1) is 17.0 Å². The topological polar surface area (TPSA) is 43.1 Å². The Bertz CT molecular complexity index is 391. The summed E-state index contributed by atoms with van der Waals surface area (Å²) < 4.78 is 0. The Morgan fingerprint density at radius 1 is 1.50 bits per heavy atom. The predicted octanol–water partition coefficient (Wildman–Crippen LogP) is 4.02. The van der Waals surface area contributed by atoms with E-state index in [4.69, 9.17) is 11.6 Å². The maximum Gasteiger partial charge on any atom is 0.273 e. The second-order valence-electron chi connectivity index (χ2n) is 4.01. The van der Waals surface area contributed by atoms with Crippen LogP contribution in [-0.4, -0.2) is 10.3 Å². The lowest BCUT2D eigenvalue weighted by molar-refractivity contribution is -0.385. The zero-order chi connectivity index (χ0) is 12.3. The Morgan fingerprint density at radius 2 is 2.12 bits per heavy atom. The first-order chi connectivity index (χ1) is 7.47. The molecule has 1 aromatic carbocycles. The average Bonchev–Trinajstić information content (AvgIpc) is 2.20. The van der Waals surface area contributed by atoms with Gasteiger partial charge in [0.2, 0.25) is 0 Å². The summed E-state index contributed by atoms with van der Waals surface area (Å²) in [6.07, 6.45) is 0.800. The third-order valence-electron chi connectivity index (χ3n) is 2.78. The molecule has 3 nitrogen and oxygen atoms in total. The summed E-state index contributed by atoms with van der Waals surface area (Å²) in [6, 6.07) is 5.32. The number of alkyl halides is 1. The predicted molar refractivity (Wildman–Crippen MR) is 66.2 cm³/mol. The van der Waals surface area contributed by atoms with Crippen molar-refractivity contribution >= 4 is 17.3 Å². The molecule has 0 amide bonds. The lowest BCUT2D eigenvalue weighted by atomic mass is 9.91. The van der Waals surface area contributed by atoms with Crippen LogP contribution in [0.2, 0.25) is 0 Å². The summed E-state index contributed by atoms with van der Waals surface area (Å²) in [5.41, 5.74) is 1.81. The van der Waals surface area contributed by atoms with Crippen molar-refractivity contribution in [1.82, 2.24) is 0 Å². The molecule has 0 saturated carbocycles. The molecular formula is C12H16ClNO2. The van der Waals surface area contributed by atoms with Gasteiger partial charge >= 0.3 is 0 Å². The number of hydrogen-bond acceptors (Lipinski definition) is 2. The minimum absolute atomic E-state index is 0.0302. The number of rotatable bonds is 4. The number of nitro groups is 1. The molecule has 0 aromatic heterocycles. The van der Waals surface area contributed by atoms with E-state index >= 15 is 0 Å². The van der Waals surface area contributed by atoms with Crippen LogP contribution in [0.4, 0.5) is 5.69 Å². The second-order valence-corrected chi connectivity index (χ2v) is 4.70. The molecule has 0 saturated heterocycles. The van der Waals surface area contributed by atoms with Gasteiger partial charge in [0.25, 0.3) is 5.69 Å². The molecule has 0 spiro atoms. The van der Waals surface area contributed by atoms with Gasteiger partial charge in [-0.3, -0.25) is 10.1 Å². The van der Waals surface area contributed by atoms with Gasteiger partial charge in [-0.05, 0) is 25.8 Å². The van der Waals surface area contributed by atoms with Crippen molar-refractivity contribution in [2.75, 3.05) is 0 Å². The third-order valence-corrected chi connectivity index (χ3v) is 3.08. The Balaban J connectivity index is 3.26. The zero-order valence-corrected chi connectivity index (χ0v) is 10.5. The Kier molecular flexibility index (Phi) is 4.30. The van der Waals surface area contributed by atoms with Gasteiger partial charge in [0.1, 0.15) is 0 Å². The highest BCUT2D eigenvalue weighted by molar-refractivity contribution is 6.20. The van der Waals surface area contributed by atoms with E-state index in [0.717, 1.165) is 17.5 Å². The van der Waals surface area contributed by atoms with E-state index in [-0.39, 0.29) is 21.9 Å². The Labute approximate surface area is 101 Å². The minimum Gasteiger partial charge on any atom is -0.258 e. The van der Waals surface area contributed by atoms with Crippen LogP contribution in [0.5, 0.6) is 0 Å². The van der Waals surface area contributed by atoms with Gasteiger partial charge < -0.3 is 0 Å². The van der Waals surface area contributed by atoms with Crippen LogP contribution in [0.1, 0.15) is 37.3 Å². The molecular weight excluding hydrogens is 226 g/mol. The summed E-state index contributed by atoms with van der Waals surface area (Å²) in [4.78, 5) is 10.7. The largest absolute Gasteiger partial charge is 0.273 e. The molecule has 88 valence electrons. The molecule has 4 heteroatoms. The fourth-order valence-electron chi connectivity index (χ4n) is 1.92. The molecule has 0 bridgehead atoms. The number of hydrogen-bond donors (Lipinski definition) is 0. The van der Waals surface area contributed by atoms with Crippen LogP contribution >= 0.6 is 11.6 Å². The molecule has 0 heterocycles. The van der Waals surface area contributed by atoms with Crippen LogP contribution in [0.25, 0.3) is 0 Å². The van der Waals surface area contributed by atoms with Gasteiger partial charge in [-0.15, -0.1) is 11.6 Å². The fraction of sp³-hybridized carbons (Fsp3) is 0.500. The number of benzene rings is 1. The van der Waals surface area contributed by atoms with Crippen molar-refractivity contribution < 1.29 is 4.92 Å². The molecule has 2 unspecified atom stereocenters. The molecule has 0 radical (unpaired) electrons. The van der Waals surface area contributed by atoms with Gasteiger partial charge in [-0.2, -0.15) is 0 Å². The van der Waals surface area contributed by atoms with E-state index in [1.54, 1.807) is 6.07 Å². The van der Waals surface area contributed by atoms with Gasteiger partial charge in [0.15, 0.2) is 0 Å². The zero-order valence-electron chi connectivity index (χ0n) is 9.74. The first-order valence-corrected chi connectivity index (χ1v) is 5.80. The number of aryl methyl sites for hydroxylation is 1. The van der Waals surface area contributed by atoms with Crippen LogP contribution in [0.3, 0.4) is 0 Å². The molecule has 0 N–H and O–H groups in total. The molecule has 0 aliphatic heterocycles. The smallest absolute Gasteiger partial charge is 0.258 e. The molecule has 1 rings (SSSR count). The van der Waals surface area contributed by atoms with Gasteiger partial charge in [0, 0.05) is 22.9 Å². The SMILES string of the molecule is CCC(c1ccc(C)cc1[N+](=O)[O-])C(C)Cl. The summed E-state index contributed by atoms with van der Waals surface area (Å²) in [5, 5.41) is 10.9. The van der Waals surface area contributed by atoms with Crippen molar-refractivity contribution in [3.63, 3.8) is 0 Å². The van der Waals surface area contributed by atoms with Crippen molar-refractivity contribution in [2.45, 2.75) is 38.5 Å². The monoisotopic (exact) mass is 241 g/mol. The maximum absolute atomic E-state index is 11.0. The number of nitrogens with zero attached hydrogens (tertiary/aromatic N) is 1.